The van der Waals surface area contributed by atoms with E-state index in [1.807, 2.05) is 65.0 Å². The number of fused-ring (bicyclic) bond motifs is 1. The summed E-state index contributed by atoms with van der Waals surface area (Å²) in [6.07, 6.45) is 3.44. The van der Waals surface area contributed by atoms with E-state index >= 15 is 0 Å². The standard InChI is InChI=1S/C26H30N6O3/c1-6-34-21-11-10-20-23(16(21)2)25(29-18-13-27-28-14-18)31-24(30-20)17-8-7-9-19(12-17)35-15-22(33)32-26(3,4)5/h7-14H,6,15H2,1-5H3,(H,27,28)(H,32,33)(H,29,30,31). The molecule has 0 spiro atoms. The molecule has 0 atom stereocenters. The SMILES string of the molecule is CCOc1ccc2nc(-c3cccc(OCC(=O)NC(C)(C)C)c3)nc(Nc3cn[nH]c3)c2c1C. The van der Waals surface area contributed by atoms with E-state index in [0.29, 0.717) is 24.0 Å². The number of nitrogens with one attached hydrogen (secondary N) is 3. The Hall–Kier alpha value is -4.14. The van der Waals surface area contributed by atoms with E-state index in [4.69, 9.17) is 19.4 Å². The van der Waals surface area contributed by atoms with Gasteiger partial charge in [0.15, 0.2) is 12.4 Å². The lowest BCUT2D eigenvalue weighted by Gasteiger charge is -2.20. The van der Waals surface area contributed by atoms with Crippen molar-refractivity contribution in [2.24, 2.45) is 0 Å². The zero-order chi connectivity index (χ0) is 25.0. The Labute approximate surface area is 204 Å². The summed E-state index contributed by atoms with van der Waals surface area (Å²) in [5, 5.41) is 13.9. The number of aryl methyl sites for hydroxylation is 1. The summed E-state index contributed by atoms with van der Waals surface area (Å²) in [7, 11) is 0. The smallest absolute Gasteiger partial charge is 0.258 e. The third kappa shape index (κ3) is 5.87. The zero-order valence-corrected chi connectivity index (χ0v) is 20.6. The number of H-pyrrole nitrogens is 1. The number of carbonyl (C=O) groups is 1. The van der Waals surface area contributed by atoms with Gasteiger partial charge in [-0.2, -0.15) is 5.10 Å². The third-order valence-corrected chi connectivity index (χ3v) is 5.11. The van der Waals surface area contributed by atoms with Gasteiger partial charge in [0.2, 0.25) is 0 Å². The Morgan fingerprint density at radius 2 is 1.94 bits per heavy atom. The highest BCUT2D eigenvalue weighted by Gasteiger charge is 2.17. The summed E-state index contributed by atoms with van der Waals surface area (Å²) in [5.41, 5.74) is 2.95. The molecule has 1 amide bonds. The van der Waals surface area contributed by atoms with Gasteiger partial charge in [0.05, 0.1) is 24.0 Å². The number of benzene rings is 2. The van der Waals surface area contributed by atoms with E-state index < -0.39 is 0 Å². The van der Waals surface area contributed by atoms with Crippen molar-refractivity contribution >= 4 is 28.3 Å². The number of aromatic nitrogens is 4. The Balaban J connectivity index is 1.69. The van der Waals surface area contributed by atoms with Crippen molar-refractivity contribution in [3.63, 3.8) is 0 Å². The fraction of sp³-hybridized carbons (Fsp3) is 0.308. The Morgan fingerprint density at radius 1 is 1.11 bits per heavy atom. The van der Waals surface area contributed by atoms with Gasteiger partial charge in [-0.1, -0.05) is 12.1 Å². The monoisotopic (exact) mass is 474 g/mol. The molecule has 0 saturated heterocycles. The maximum Gasteiger partial charge on any atom is 0.258 e. The van der Waals surface area contributed by atoms with Crippen LogP contribution in [0.4, 0.5) is 11.5 Å². The molecule has 0 unspecified atom stereocenters. The number of hydrogen-bond acceptors (Lipinski definition) is 7. The second kappa shape index (κ2) is 10.0. The Morgan fingerprint density at radius 3 is 2.66 bits per heavy atom. The van der Waals surface area contributed by atoms with E-state index in [0.717, 1.165) is 33.5 Å². The maximum absolute atomic E-state index is 12.1. The van der Waals surface area contributed by atoms with Crippen molar-refractivity contribution in [2.45, 2.75) is 40.2 Å². The average Bonchev–Trinajstić information content (AvgIpc) is 3.31. The second-order valence-corrected chi connectivity index (χ2v) is 9.14. The summed E-state index contributed by atoms with van der Waals surface area (Å²) in [4.78, 5) is 21.8. The van der Waals surface area contributed by atoms with Crippen molar-refractivity contribution in [1.29, 1.82) is 0 Å². The minimum atomic E-state index is -0.320. The van der Waals surface area contributed by atoms with Crippen molar-refractivity contribution in [2.75, 3.05) is 18.5 Å². The number of hydrogen-bond donors (Lipinski definition) is 3. The second-order valence-electron chi connectivity index (χ2n) is 9.14. The molecule has 0 saturated carbocycles. The lowest BCUT2D eigenvalue weighted by molar-refractivity contribution is -0.124. The number of aromatic amines is 1. The van der Waals surface area contributed by atoms with Gasteiger partial charge >= 0.3 is 0 Å². The largest absolute Gasteiger partial charge is 0.494 e. The third-order valence-electron chi connectivity index (χ3n) is 5.11. The number of rotatable bonds is 8. The summed E-state index contributed by atoms with van der Waals surface area (Å²) >= 11 is 0. The van der Waals surface area contributed by atoms with Crippen LogP contribution in [-0.2, 0) is 4.79 Å². The number of amides is 1. The van der Waals surface area contributed by atoms with E-state index in [-0.39, 0.29) is 18.1 Å². The van der Waals surface area contributed by atoms with Gasteiger partial charge in [-0.25, -0.2) is 9.97 Å². The first-order valence-electron chi connectivity index (χ1n) is 11.5. The number of carbonyl (C=O) groups excluding carboxylic acids is 1. The first-order chi connectivity index (χ1) is 16.7. The van der Waals surface area contributed by atoms with E-state index in [1.165, 1.54) is 0 Å². The molecule has 4 rings (SSSR count). The molecule has 35 heavy (non-hydrogen) atoms. The van der Waals surface area contributed by atoms with E-state index in [1.54, 1.807) is 18.5 Å². The van der Waals surface area contributed by atoms with E-state index in [9.17, 15) is 4.79 Å². The van der Waals surface area contributed by atoms with Crippen LogP contribution < -0.4 is 20.1 Å². The predicted octanol–water partition coefficient (Wildman–Crippen LogP) is 4.76. The Bertz CT molecular complexity index is 1330. The normalized spacial score (nSPS) is 11.3. The highest BCUT2D eigenvalue weighted by Crippen LogP contribution is 2.34. The quantitative estimate of drug-likeness (QED) is 0.337. The first-order valence-corrected chi connectivity index (χ1v) is 11.5. The molecular formula is C26H30N6O3. The predicted molar refractivity (Wildman–Crippen MR) is 136 cm³/mol. The number of anilines is 2. The maximum atomic E-state index is 12.1. The molecule has 0 fully saturated rings. The number of ether oxygens (including phenoxy) is 2. The van der Waals surface area contributed by atoms with Crippen molar-refractivity contribution in [3.05, 3.63) is 54.4 Å². The van der Waals surface area contributed by atoms with Crippen molar-refractivity contribution in [1.82, 2.24) is 25.5 Å². The van der Waals surface area contributed by atoms with Gasteiger partial charge in [0, 0.05) is 28.2 Å². The average molecular weight is 475 g/mol. The van der Waals surface area contributed by atoms with Crippen LogP contribution in [0.25, 0.3) is 22.3 Å². The molecule has 9 nitrogen and oxygen atoms in total. The summed E-state index contributed by atoms with van der Waals surface area (Å²) < 4.78 is 11.5. The molecule has 182 valence electrons. The van der Waals surface area contributed by atoms with Crippen LogP contribution in [0.15, 0.2) is 48.8 Å². The van der Waals surface area contributed by atoms with Crippen molar-refractivity contribution in [3.8, 4) is 22.9 Å². The van der Waals surface area contributed by atoms with Crippen molar-refractivity contribution < 1.29 is 14.3 Å². The molecule has 0 aliphatic rings. The molecule has 2 aromatic heterocycles. The first kappa shape index (κ1) is 24.0. The van der Waals surface area contributed by atoms with E-state index in [2.05, 4.69) is 20.8 Å². The molecule has 2 heterocycles. The molecule has 2 aromatic carbocycles. The van der Waals surface area contributed by atoms with Gasteiger partial charge in [0.25, 0.3) is 5.91 Å². The van der Waals surface area contributed by atoms with Crippen LogP contribution in [0.1, 0.15) is 33.3 Å². The molecule has 0 aliphatic heterocycles. The molecule has 3 N–H and O–H groups in total. The van der Waals surface area contributed by atoms with Crippen LogP contribution >= 0.6 is 0 Å². The highest BCUT2D eigenvalue weighted by atomic mass is 16.5. The van der Waals surface area contributed by atoms with Gasteiger partial charge in [-0.05, 0) is 58.9 Å². The van der Waals surface area contributed by atoms with Crippen LogP contribution in [0.2, 0.25) is 0 Å². The van der Waals surface area contributed by atoms with Gasteiger partial charge in [-0.3, -0.25) is 9.89 Å². The van der Waals surface area contributed by atoms with Crippen LogP contribution in [0.3, 0.4) is 0 Å². The Kier molecular flexibility index (Phi) is 6.86. The van der Waals surface area contributed by atoms with Crippen LogP contribution in [0.5, 0.6) is 11.5 Å². The fourth-order valence-electron chi connectivity index (χ4n) is 3.69. The number of nitrogens with zero attached hydrogens (tertiary/aromatic N) is 3. The van der Waals surface area contributed by atoms with Crippen LogP contribution in [-0.4, -0.2) is 44.8 Å². The summed E-state index contributed by atoms with van der Waals surface area (Å²) in [5.74, 6) is 2.33. The highest BCUT2D eigenvalue weighted by molar-refractivity contribution is 5.96. The molecule has 9 heteroatoms. The van der Waals surface area contributed by atoms with Gasteiger partial charge < -0.3 is 20.1 Å². The molecule has 0 radical (unpaired) electrons. The summed E-state index contributed by atoms with van der Waals surface area (Å²) in [6.45, 7) is 10.2. The lowest BCUT2D eigenvalue weighted by Crippen LogP contribution is -2.43. The minimum absolute atomic E-state index is 0.0774. The van der Waals surface area contributed by atoms with Crippen LogP contribution in [0, 0.1) is 6.92 Å². The molecule has 0 bridgehead atoms. The summed E-state index contributed by atoms with van der Waals surface area (Å²) in [6, 6.07) is 11.2. The van der Waals surface area contributed by atoms with Gasteiger partial charge in [-0.15, -0.1) is 0 Å². The lowest BCUT2D eigenvalue weighted by atomic mass is 10.1. The zero-order valence-electron chi connectivity index (χ0n) is 20.6. The molecular weight excluding hydrogens is 444 g/mol. The molecule has 4 aromatic rings. The fourth-order valence-corrected chi connectivity index (χ4v) is 3.69. The minimum Gasteiger partial charge on any atom is -0.494 e. The van der Waals surface area contributed by atoms with Gasteiger partial charge in [0.1, 0.15) is 17.3 Å². The topological polar surface area (TPSA) is 114 Å². The molecule has 0 aliphatic carbocycles.